The van der Waals surface area contributed by atoms with Crippen molar-refractivity contribution in [1.82, 2.24) is 9.78 Å². The smallest absolute Gasteiger partial charge is 0.345 e. The molecular weight excluding hydrogens is 356 g/mol. The molecule has 1 aromatic heterocycles. The second kappa shape index (κ2) is 6.79. The van der Waals surface area contributed by atoms with Gasteiger partial charge in [-0.1, -0.05) is 29.0 Å². The fraction of sp³-hybridized carbons (Fsp3) is 0.312. The van der Waals surface area contributed by atoms with E-state index in [2.05, 4.69) is 15.4 Å². The van der Waals surface area contributed by atoms with E-state index in [9.17, 15) is 14.9 Å². The molecule has 9 nitrogen and oxygen atoms in total. The number of carbonyl (C=O) groups excluding carboxylic acids is 1. The first-order valence-corrected chi connectivity index (χ1v) is 8.85. The number of aromatic nitrogens is 2. The number of aliphatic imine (C=N–C) groups is 1. The number of nitro groups is 1. The number of rotatable bonds is 4. The summed E-state index contributed by atoms with van der Waals surface area (Å²) in [5, 5.41) is 18.0. The van der Waals surface area contributed by atoms with Crippen LogP contribution >= 0.6 is 11.8 Å². The van der Waals surface area contributed by atoms with Crippen LogP contribution in [0.15, 0.2) is 35.3 Å². The molecule has 3 rings (SSSR count). The number of nitrogens with zero attached hydrogens (tertiary/aromatic N) is 4. The van der Waals surface area contributed by atoms with Gasteiger partial charge < -0.3 is 21.2 Å². The number of hydrogen-bond acceptors (Lipinski definition) is 7. The number of hydrogen-bond donors (Lipinski definition) is 2. The van der Waals surface area contributed by atoms with Gasteiger partial charge in [0.15, 0.2) is 10.9 Å². The third-order valence-corrected chi connectivity index (χ3v) is 5.01. The monoisotopic (exact) mass is 374 g/mol. The summed E-state index contributed by atoms with van der Waals surface area (Å²) in [6, 6.07) is 8.48. The van der Waals surface area contributed by atoms with E-state index in [4.69, 9.17) is 5.73 Å². The maximum absolute atomic E-state index is 12.4. The Bertz CT molecular complexity index is 909. The fourth-order valence-corrected chi connectivity index (χ4v) is 3.74. The maximum atomic E-state index is 12.4. The molecule has 3 N–H and O–H groups in total. The molecule has 0 saturated heterocycles. The van der Waals surface area contributed by atoms with Crippen molar-refractivity contribution in [2.24, 2.45) is 17.8 Å². The maximum Gasteiger partial charge on any atom is 0.345 e. The van der Waals surface area contributed by atoms with Crippen molar-refractivity contribution in [2.45, 2.75) is 18.9 Å². The Morgan fingerprint density at radius 3 is 2.88 bits per heavy atom. The second-order valence-corrected chi connectivity index (χ2v) is 7.24. The predicted molar refractivity (Wildman–Crippen MR) is 100 cm³/mol. The summed E-state index contributed by atoms with van der Waals surface area (Å²) in [6.45, 7) is 2.00. The van der Waals surface area contributed by atoms with Gasteiger partial charge >= 0.3 is 5.82 Å². The summed E-state index contributed by atoms with van der Waals surface area (Å²) >= 11 is 1.53. The summed E-state index contributed by atoms with van der Waals surface area (Å²) in [6.07, 6.45) is 0.836. The molecule has 0 radical (unpaired) electrons. The van der Waals surface area contributed by atoms with Crippen molar-refractivity contribution in [3.05, 3.63) is 51.7 Å². The summed E-state index contributed by atoms with van der Waals surface area (Å²) in [5.74, 6) is 0.110. The molecule has 0 spiro atoms. The highest BCUT2D eigenvalue weighted by Crippen LogP contribution is 2.35. The van der Waals surface area contributed by atoms with Gasteiger partial charge in [0.25, 0.3) is 5.91 Å². The highest BCUT2D eigenvalue weighted by molar-refractivity contribution is 8.13. The molecule has 1 unspecified atom stereocenters. The van der Waals surface area contributed by atoms with Gasteiger partial charge in [-0.15, -0.1) is 4.68 Å². The SMILES string of the molecule is Cn1nc(C(=O)Nc2cccc(C3(C)CCSC(N)=N3)c2)cc1[N+](=O)[O-]. The second-order valence-electron chi connectivity index (χ2n) is 6.13. The number of carbonyl (C=O) groups is 1. The van der Waals surface area contributed by atoms with Crippen LogP contribution in [0.1, 0.15) is 29.4 Å². The molecule has 1 atom stereocenters. The van der Waals surface area contributed by atoms with Crippen molar-refractivity contribution >= 4 is 34.3 Å². The summed E-state index contributed by atoms with van der Waals surface area (Å²) < 4.78 is 1.06. The van der Waals surface area contributed by atoms with Gasteiger partial charge in [0.05, 0.1) is 11.6 Å². The minimum atomic E-state index is -0.589. The molecule has 26 heavy (non-hydrogen) atoms. The van der Waals surface area contributed by atoms with Gasteiger partial charge in [0.2, 0.25) is 0 Å². The molecule has 0 aliphatic carbocycles. The average Bonchev–Trinajstić information content (AvgIpc) is 2.97. The number of nitrogens with two attached hydrogens (primary N) is 1. The lowest BCUT2D eigenvalue weighted by Crippen LogP contribution is -2.28. The zero-order valence-electron chi connectivity index (χ0n) is 14.3. The van der Waals surface area contributed by atoms with Crippen LogP contribution in [0, 0.1) is 10.1 Å². The Kier molecular flexibility index (Phi) is 4.68. The molecule has 10 heteroatoms. The number of benzene rings is 1. The molecule has 2 aromatic rings. The number of aryl methyl sites for hydroxylation is 1. The minimum Gasteiger partial charge on any atom is -0.379 e. The van der Waals surface area contributed by atoms with Gasteiger partial charge in [-0.2, -0.15) is 0 Å². The van der Waals surface area contributed by atoms with Crippen LogP contribution in [-0.2, 0) is 12.6 Å². The molecule has 1 amide bonds. The number of amidine groups is 1. The number of nitrogens with one attached hydrogen (secondary N) is 1. The van der Waals surface area contributed by atoms with E-state index >= 15 is 0 Å². The number of anilines is 1. The van der Waals surface area contributed by atoms with Gasteiger partial charge in [-0.25, -0.2) is 0 Å². The third-order valence-electron chi connectivity index (χ3n) is 4.21. The van der Waals surface area contributed by atoms with Gasteiger partial charge in [0.1, 0.15) is 7.05 Å². The minimum absolute atomic E-state index is 0.0212. The first kappa shape index (κ1) is 17.9. The molecule has 136 valence electrons. The zero-order valence-corrected chi connectivity index (χ0v) is 15.1. The van der Waals surface area contributed by atoms with E-state index in [0.717, 1.165) is 28.5 Å². The zero-order chi connectivity index (χ0) is 18.9. The largest absolute Gasteiger partial charge is 0.379 e. The Balaban J connectivity index is 1.83. The first-order valence-electron chi connectivity index (χ1n) is 7.87. The van der Waals surface area contributed by atoms with Crippen LogP contribution in [0.5, 0.6) is 0 Å². The van der Waals surface area contributed by atoms with Gasteiger partial charge in [0, 0.05) is 11.4 Å². The van der Waals surface area contributed by atoms with Crippen LogP contribution in [0.4, 0.5) is 11.5 Å². The standard InChI is InChI=1S/C16H18N6O3S/c1-16(6-7-26-15(17)19-16)10-4-3-5-11(8-10)18-14(23)12-9-13(22(24)25)21(2)20-12/h3-5,8-9H,6-7H2,1-2H3,(H2,17,19)(H,18,23). The van der Waals surface area contributed by atoms with Crippen molar-refractivity contribution in [2.75, 3.05) is 11.1 Å². The third kappa shape index (κ3) is 3.54. The Morgan fingerprint density at radius 2 is 2.23 bits per heavy atom. The molecule has 1 aromatic carbocycles. The van der Waals surface area contributed by atoms with E-state index in [1.54, 1.807) is 6.07 Å². The van der Waals surface area contributed by atoms with Crippen molar-refractivity contribution in [3.8, 4) is 0 Å². The lowest BCUT2D eigenvalue weighted by Gasteiger charge is -2.30. The van der Waals surface area contributed by atoms with Gasteiger partial charge in [-0.05, 0) is 36.0 Å². The normalized spacial score (nSPS) is 19.7. The van der Waals surface area contributed by atoms with Crippen LogP contribution in [0.2, 0.25) is 0 Å². The van der Waals surface area contributed by atoms with Crippen molar-refractivity contribution in [1.29, 1.82) is 0 Å². The molecule has 0 bridgehead atoms. The number of thioether (sulfide) groups is 1. The van der Waals surface area contributed by atoms with E-state index in [-0.39, 0.29) is 11.5 Å². The summed E-state index contributed by atoms with van der Waals surface area (Å²) in [7, 11) is 1.42. The first-order chi connectivity index (χ1) is 12.3. The Hall–Kier alpha value is -2.88. The van der Waals surface area contributed by atoms with E-state index in [0.29, 0.717) is 10.9 Å². The molecule has 2 heterocycles. The van der Waals surface area contributed by atoms with E-state index in [1.807, 2.05) is 25.1 Å². The quantitative estimate of drug-likeness (QED) is 0.624. The Morgan fingerprint density at radius 1 is 1.46 bits per heavy atom. The lowest BCUT2D eigenvalue weighted by molar-refractivity contribution is -0.392. The molecule has 1 aliphatic heterocycles. The highest BCUT2D eigenvalue weighted by Gasteiger charge is 2.29. The lowest BCUT2D eigenvalue weighted by atomic mass is 9.89. The number of amides is 1. The van der Waals surface area contributed by atoms with Crippen molar-refractivity contribution in [3.63, 3.8) is 0 Å². The summed E-state index contributed by atoms with van der Waals surface area (Å²) in [5.41, 5.74) is 6.89. The summed E-state index contributed by atoms with van der Waals surface area (Å²) in [4.78, 5) is 27.2. The van der Waals surface area contributed by atoms with Crippen molar-refractivity contribution < 1.29 is 9.72 Å². The molecule has 0 saturated carbocycles. The topological polar surface area (TPSA) is 128 Å². The average molecular weight is 374 g/mol. The van der Waals surface area contributed by atoms with Gasteiger partial charge in [-0.3, -0.25) is 9.79 Å². The molecule has 0 fully saturated rings. The molecule has 1 aliphatic rings. The predicted octanol–water partition coefficient (Wildman–Crippen LogP) is 2.25. The van der Waals surface area contributed by atoms with E-state index in [1.165, 1.54) is 18.8 Å². The van der Waals surface area contributed by atoms with Crippen LogP contribution in [0.3, 0.4) is 0 Å². The van der Waals surface area contributed by atoms with Crippen LogP contribution in [0.25, 0.3) is 0 Å². The van der Waals surface area contributed by atoms with Crippen LogP contribution in [-0.4, -0.2) is 31.5 Å². The molecular formula is C16H18N6O3S. The highest BCUT2D eigenvalue weighted by atomic mass is 32.2. The Labute approximate surface area is 153 Å². The van der Waals surface area contributed by atoms with E-state index < -0.39 is 16.4 Å². The van der Waals surface area contributed by atoms with Crippen LogP contribution < -0.4 is 11.1 Å². The fourth-order valence-electron chi connectivity index (χ4n) is 2.76.